The third-order valence-electron chi connectivity index (χ3n) is 4.44. The van der Waals surface area contributed by atoms with E-state index in [1.165, 1.54) is 0 Å². The van der Waals surface area contributed by atoms with E-state index in [1.807, 2.05) is 24.3 Å². The normalized spacial score (nSPS) is 13.8. The van der Waals surface area contributed by atoms with Gasteiger partial charge in [0.1, 0.15) is 5.75 Å². The summed E-state index contributed by atoms with van der Waals surface area (Å²) in [7, 11) is 1.61. The standard InChI is InChI=1S/C20H24N4O4/c1-3-28-20(26)24-9-7-23(8-10-24)19(25)15-11-17(14-21-13-15)22-16-5-4-6-18(12-16)27-2/h4-6,11-14,22H,3,7-10H2,1-2H3. The highest BCUT2D eigenvalue weighted by Crippen LogP contribution is 2.22. The number of aromatic nitrogens is 1. The van der Waals surface area contributed by atoms with Gasteiger partial charge in [-0.1, -0.05) is 6.07 Å². The number of methoxy groups -OCH3 is 1. The third-order valence-corrected chi connectivity index (χ3v) is 4.44. The molecule has 1 fully saturated rings. The molecule has 2 amide bonds. The molecule has 0 spiro atoms. The van der Waals surface area contributed by atoms with Gasteiger partial charge in [0.2, 0.25) is 0 Å². The minimum absolute atomic E-state index is 0.106. The van der Waals surface area contributed by atoms with Gasteiger partial charge in [0, 0.05) is 44.1 Å². The number of pyridine rings is 1. The molecule has 148 valence electrons. The summed E-state index contributed by atoms with van der Waals surface area (Å²) in [5.74, 6) is 0.634. The smallest absolute Gasteiger partial charge is 0.409 e. The average Bonchev–Trinajstić information content (AvgIpc) is 2.74. The zero-order valence-corrected chi connectivity index (χ0v) is 16.1. The molecule has 1 saturated heterocycles. The van der Waals surface area contributed by atoms with E-state index >= 15 is 0 Å². The van der Waals surface area contributed by atoms with Crippen molar-refractivity contribution in [3.8, 4) is 5.75 Å². The highest BCUT2D eigenvalue weighted by molar-refractivity contribution is 5.95. The lowest BCUT2D eigenvalue weighted by molar-refractivity contribution is 0.0570. The van der Waals surface area contributed by atoms with Crippen LogP contribution in [-0.4, -0.2) is 66.7 Å². The number of piperazine rings is 1. The van der Waals surface area contributed by atoms with Gasteiger partial charge in [-0.2, -0.15) is 0 Å². The monoisotopic (exact) mass is 384 g/mol. The molecule has 1 aromatic carbocycles. The Kier molecular flexibility index (Phi) is 6.31. The van der Waals surface area contributed by atoms with Gasteiger partial charge >= 0.3 is 6.09 Å². The second kappa shape index (κ2) is 9.07. The molecule has 8 heteroatoms. The van der Waals surface area contributed by atoms with Crippen LogP contribution < -0.4 is 10.1 Å². The van der Waals surface area contributed by atoms with Crippen LogP contribution in [0.25, 0.3) is 0 Å². The van der Waals surface area contributed by atoms with E-state index in [-0.39, 0.29) is 12.0 Å². The Balaban J connectivity index is 1.63. The first-order chi connectivity index (χ1) is 13.6. The highest BCUT2D eigenvalue weighted by atomic mass is 16.6. The largest absolute Gasteiger partial charge is 0.497 e. The molecule has 2 heterocycles. The number of nitrogens with one attached hydrogen (secondary N) is 1. The Morgan fingerprint density at radius 2 is 1.82 bits per heavy atom. The molecule has 0 radical (unpaired) electrons. The molecule has 1 aliphatic heterocycles. The van der Waals surface area contributed by atoms with Crippen LogP contribution in [0, 0.1) is 0 Å². The number of hydrogen-bond donors (Lipinski definition) is 1. The third kappa shape index (κ3) is 4.70. The van der Waals surface area contributed by atoms with Crippen LogP contribution in [0.15, 0.2) is 42.7 Å². The zero-order valence-electron chi connectivity index (χ0n) is 16.1. The molecule has 28 heavy (non-hydrogen) atoms. The van der Waals surface area contributed by atoms with Crippen molar-refractivity contribution in [2.24, 2.45) is 0 Å². The molecule has 8 nitrogen and oxygen atoms in total. The first-order valence-corrected chi connectivity index (χ1v) is 9.18. The Labute approximate surface area is 164 Å². The summed E-state index contributed by atoms with van der Waals surface area (Å²) in [6.07, 6.45) is 2.88. The van der Waals surface area contributed by atoms with Crippen molar-refractivity contribution >= 4 is 23.4 Å². The molecule has 1 N–H and O–H groups in total. The van der Waals surface area contributed by atoms with Gasteiger partial charge in [-0.25, -0.2) is 4.79 Å². The molecule has 2 aromatic rings. The number of rotatable bonds is 5. The second-order valence-electron chi connectivity index (χ2n) is 6.30. The Morgan fingerprint density at radius 1 is 1.07 bits per heavy atom. The van der Waals surface area contributed by atoms with E-state index < -0.39 is 0 Å². The van der Waals surface area contributed by atoms with Gasteiger partial charge in [-0.15, -0.1) is 0 Å². The first kappa shape index (κ1) is 19.5. The molecule has 3 rings (SSSR count). The average molecular weight is 384 g/mol. The highest BCUT2D eigenvalue weighted by Gasteiger charge is 2.25. The number of carbonyl (C=O) groups excluding carboxylic acids is 2. The SMILES string of the molecule is CCOC(=O)N1CCN(C(=O)c2cncc(Nc3cccc(OC)c3)c2)CC1. The van der Waals surface area contributed by atoms with Gasteiger partial charge in [0.25, 0.3) is 5.91 Å². The van der Waals surface area contributed by atoms with Gasteiger partial charge in [0.15, 0.2) is 0 Å². The van der Waals surface area contributed by atoms with E-state index in [9.17, 15) is 9.59 Å². The van der Waals surface area contributed by atoms with Crippen LogP contribution in [0.1, 0.15) is 17.3 Å². The lowest BCUT2D eigenvalue weighted by Crippen LogP contribution is -2.50. The summed E-state index contributed by atoms with van der Waals surface area (Å²) in [5, 5.41) is 3.23. The molecule has 0 unspecified atom stereocenters. The number of nitrogens with zero attached hydrogens (tertiary/aromatic N) is 3. The fourth-order valence-corrected chi connectivity index (χ4v) is 2.98. The number of hydrogen-bond acceptors (Lipinski definition) is 6. The summed E-state index contributed by atoms with van der Waals surface area (Å²) < 4.78 is 10.2. The van der Waals surface area contributed by atoms with E-state index in [0.717, 1.165) is 11.4 Å². The predicted molar refractivity (Wildman–Crippen MR) is 105 cm³/mol. The summed E-state index contributed by atoms with van der Waals surface area (Å²) in [6.45, 7) is 3.96. The van der Waals surface area contributed by atoms with Gasteiger partial charge in [-0.05, 0) is 25.1 Å². The lowest BCUT2D eigenvalue weighted by atomic mass is 10.2. The van der Waals surface area contributed by atoms with Crippen LogP contribution in [0.3, 0.4) is 0 Å². The molecule has 0 aliphatic carbocycles. The number of carbonyl (C=O) groups is 2. The molecule has 0 atom stereocenters. The zero-order chi connectivity index (χ0) is 19.9. The number of benzene rings is 1. The van der Waals surface area contributed by atoms with Crippen molar-refractivity contribution in [2.75, 3.05) is 45.2 Å². The first-order valence-electron chi connectivity index (χ1n) is 9.18. The Hall–Kier alpha value is -3.29. The van der Waals surface area contributed by atoms with Crippen LogP contribution >= 0.6 is 0 Å². The quantitative estimate of drug-likeness (QED) is 0.853. The maximum atomic E-state index is 12.8. The van der Waals surface area contributed by atoms with Gasteiger partial charge in [0.05, 0.1) is 31.2 Å². The predicted octanol–water partition coefficient (Wildman–Crippen LogP) is 2.75. The van der Waals surface area contributed by atoms with E-state index in [0.29, 0.717) is 44.0 Å². The van der Waals surface area contributed by atoms with E-state index in [1.54, 1.807) is 42.3 Å². The lowest BCUT2D eigenvalue weighted by Gasteiger charge is -2.34. The summed E-state index contributed by atoms with van der Waals surface area (Å²) in [6, 6.07) is 9.28. The van der Waals surface area contributed by atoms with Crippen LogP contribution in [0.4, 0.5) is 16.2 Å². The fourth-order valence-electron chi connectivity index (χ4n) is 2.98. The Morgan fingerprint density at radius 3 is 2.54 bits per heavy atom. The van der Waals surface area contributed by atoms with Crippen LogP contribution in [0.5, 0.6) is 5.75 Å². The molecule has 1 aliphatic rings. The van der Waals surface area contributed by atoms with Crippen LogP contribution in [0.2, 0.25) is 0 Å². The molecule has 0 saturated carbocycles. The van der Waals surface area contributed by atoms with Crippen molar-refractivity contribution < 1.29 is 19.1 Å². The maximum Gasteiger partial charge on any atom is 0.409 e. The maximum absolute atomic E-state index is 12.8. The van der Waals surface area contributed by atoms with Crippen molar-refractivity contribution in [3.63, 3.8) is 0 Å². The molecular weight excluding hydrogens is 360 g/mol. The molecule has 0 bridgehead atoms. The van der Waals surface area contributed by atoms with Crippen LogP contribution in [-0.2, 0) is 4.74 Å². The Bertz CT molecular complexity index is 834. The van der Waals surface area contributed by atoms with Gasteiger partial charge < -0.3 is 24.6 Å². The minimum atomic E-state index is -0.333. The summed E-state index contributed by atoms with van der Waals surface area (Å²) >= 11 is 0. The fraction of sp³-hybridized carbons (Fsp3) is 0.350. The van der Waals surface area contributed by atoms with Crippen molar-refractivity contribution in [1.82, 2.24) is 14.8 Å². The minimum Gasteiger partial charge on any atom is -0.497 e. The molecular formula is C20H24N4O4. The summed E-state index contributed by atoms with van der Waals surface area (Å²) in [5.41, 5.74) is 2.05. The van der Waals surface area contributed by atoms with Crippen molar-refractivity contribution in [3.05, 3.63) is 48.3 Å². The van der Waals surface area contributed by atoms with Gasteiger partial charge in [-0.3, -0.25) is 9.78 Å². The topological polar surface area (TPSA) is 84.0 Å². The van der Waals surface area contributed by atoms with Crippen molar-refractivity contribution in [2.45, 2.75) is 6.92 Å². The second-order valence-corrected chi connectivity index (χ2v) is 6.30. The van der Waals surface area contributed by atoms with Crippen molar-refractivity contribution in [1.29, 1.82) is 0 Å². The van der Waals surface area contributed by atoms with E-state index in [2.05, 4.69) is 10.3 Å². The molecule has 1 aromatic heterocycles. The number of ether oxygens (including phenoxy) is 2. The summed E-state index contributed by atoms with van der Waals surface area (Å²) in [4.78, 5) is 32.1. The van der Waals surface area contributed by atoms with E-state index in [4.69, 9.17) is 9.47 Å². The number of amides is 2. The number of anilines is 2.